The van der Waals surface area contributed by atoms with Crippen molar-refractivity contribution in [3.05, 3.63) is 22.2 Å². The fourth-order valence-electron chi connectivity index (χ4n) is 1.40. The minimum absolute atomic E-state index is 0.400. The molecule has 1 unspecified atom stereocenters. The van der Waals surface area contributed by atoms with Crippen LogP contribution in [0.3, 0.4) is 0 Å². The van der Waals surface area contributed by atoms with Crippen LogP contribution in [0.5, 0.6) is 0 Å². The lowest BCUT2D eigenvalue weighted by molar-refractivity contribution is 0.623. The fraction of sp³-hybridized carbons (Fsp3) is 0.636. The van der Waals surface area contributed by atoms with Gasteiger partial charge in [-0.2, -0.15) is 0 Å². The summed E-state index contributed by atoms with van der Waals surface area (Å²) in [6.45, 7) is 8.24. The standard InChI is InChI=1S/C11H17ClN2/c1-5-6-7(2)11-13-9(4)8(3)10(12)14-11/h7H,5-6H2,1-4H3. The van der Waals surface area contributed by atoms with Crippen LogP contribution >= 0.6 is 11.6 Å². The smallest absolute Gasteiger partial charge is 0.135 e. The molecule has 0 N–H and O–H groups in total. The average Bonchev–Trinajstić information content (AvgIpc) is 2.13. The molecule has 0 bridgehead atoms. The van der Waals surface area contributed by atoms with Crippen LogP contribution in [0.1, 0.15) is 49.7 Å². The molecule has 0 amide bonds. The number of nitrogens with zero attached hydrogens (tertiary/aromatic N) is 2. The molecule has 3 heteroatoms. The Balaban J connectivity index is 3.00. The first-order valence-corrected chi connectivity index (χ1v) is 5.44. The first kappa shape index (κ1) is 11.4. The highest BCUT2D eigenvalue weighted by atomic mass is 35.5. The number of rotatable bonds is 3. The van der Waals surface area contributed by atoms with Crippen LogP contribution in [0, 0.1) is 13.8 Å². The third-order valence-electron chi connectivity index (χ3n) is 2.51. The molecule has 0 aliphatic heterocycles. The molecule has 2 nitrogen and oxygen atoms in total. The Hall–Kier alpha value is -0.630. The van der Waals surface area contributed by atoms with Crippen LogP contribution in [0.4, 0.5) is 0 Å². The number of hydrogen-bond donors (Lipinski definition) is 0. The molecule has 1 heterocycles. The van der Waals surface area contributed by atoms with Gasteiger partial charge in [0.2, 0.25) is 0 Å². The Morgan fingerprint density at radius 2 is 1.93 bits per heavy atom. The molecule has 14 heavy (non-hydrogen) atoms. The number of aromatic nitrogens is 2. The Kier molecular flexibility index (Phi) is 3.87. The molecule has 0 radical (unpaired) electrons. The Morgan fingerprint density at radius 1 is 1.29 bits per heavy atom. The van der Waals surface area contributed by atoms with Gasteiger partial charge >= 0.3 is 0 Å². The van der Waals surface area contributed by atoms with Gasteiger partial charge in [-0.1, -0.05) is 31.9 Å². The second-order valence-electron chi connectivity index (χ2n) is 3.77. The summed E-state index contributed by atoms with van der Waals surface area (Å²) in [5.74, 6) is 1.27. The third-order valence-corrected chi connectivity index (χ3v) is 2.88. The van der Waals surface area contributed by atoms with Crippen LogP contribution in [0.15, 0.2) is 0 Å². The van der Waals surface area contributed by atoms with E-state index in [-0.39, 0.29) is 0 Å². The summed E-state index contributed by atoms with van der Waals surface area (Å²) in [5, 5.41) is 0.593. The van der Waals surface area contributed by atoms with Crippen molar-refractivity contribution < 1.29 is 0 Å². The molecule has 1 rings (SSSR count). The molecule has 0 saturated heterocycles. The molecule has 0 aliphatic carbocycles. The first-order chi connectivity index (χ1) is 6.56. The van der Waals surface area contributed by atoms with Crippen LogP contribution in [-0.4, -0.2) is 9.97 Å². The van der Waals surface area contributed by atoms with Gasteiger partial charge < -0.3 is 0 Å². The second-order valence-corrected chi connectivity index (χ2v) is 4.13. The highest BCUT2D eigenvalue weighted by molar-refractivity contribution is 6.30. The van der Waals surface area contributed by atoms with Crippen LogP contribution in [-0.2, 0) is 0 Å². The minimum Gasteiger partial charge on any atom is -0.238 e. The van der Waals surface area contributed by atoms with E-state index in [0.717, 1.165) is 29.9 Å². The van der Waals surface area contributed by atoms with E-state index in [4.69, 9.17) is 11.6 Å². The van der Waals surface area contributed by atoms with Crippen molar-refractivity contribution in [1.82, 2.24) is 9.97 Å². The van der Waals surface area contributed by atoms with Crippen LogP contribution < -0.4 is 0 Å². The van der Waals surface area contributed by atoms with Gasteiger partial charge in [-0.3, -0.25) is 0 Å². The Morgan fingerprint density at radius 3 is 2.43 bits per heavy atom. The van der Waals surface area contributed by atoms with Gasteiger partial charge in [-0.25, -0.2) is 9.97 Å². The van der Waals surface area contributed by atoms with Gasteiger partial charge in [0.25, 0.3) is 0 Å². The maximum atomic E-state index is 6.01. The molecule has 0 saturated carbocycles. The summed E-state index contributed by atoms with van der Waals surface area (Å²) in [4.78, 5) is 8.76. The van der Waals surface area contributed by atoms with Crippen LogP contribution in [0.25, 0.3) is 0 Å². The summed E-state index contributed by atoms with van der Waals surface area (Å²) < 4.78 is 0. The molecule has 1 atom stereocenters. The largest absolute Gasteiger partial charge is 0.238 e. The first-order valence-electron chi connectivity index (χ1n) is 5.06. The predicted octanol–water partition coefficient (Wildman–Crippen LogP) is 3.65. The highest BCUT2D eigenvalue weighted by Gasteiger charge is 2.11. The molecule has 0 fully saturated rings. The SMILES string of the molecule is CCCC(C)c1nc(C)c(C)c(Cl)n1. The zero-order chi connectivity index (χ0) is 10.7. The van der Waals surface area contributed by atoms with Crippen molar-refractivity contribution in [2.75, 3.05) is 0 Å². The minimum atomic E-state index is 0.400. The molecular formula is C11H17ClN2. The van der Waals surface area contributed by atoms with E-state index in [2.05, 4.69) is 23.8 Å². The third kappa shape index (κ3) is 2.44. The maximum absolute atomic E-state index is 6.01. The van der Waals surface area contributed by atoms with E-state index in [1.165, 1.54) is 0 Å². The van der Waals surface area contributed by atoms with Crippen molar-refractivity contribution in [3.63, 3.8) is 0 Å². The summed E-state index contributed by atoms with van der Waals surface area (Å²) in [6, 6.07) is 0. The Bertz CT molecular complexity index is 300. The maximum Gasteiger partial charge on any atom is 0.135 e. The lowest BCUT2D eigenvalue weighted by Gasteiger charge is -2.11. The fourth-order valence-corrected chi connectivity index (χ4v) is 1.62. The van der Waals surface area contributed by atoms with E-state index in [9.17, 15) is 0 Å². The molecule has 1 aromatic heterocycles. The zero-order valence-corrected chi connectivity index (χ0v) is 10.0. The normalized spacial score (nSPS) is 12.9. The monoisotopic (exact) mass is 212 g/mol. The van der Waals surface area contributed by atoms with Gasteiger partial charge in [0.1, 0.15) is 11.0 Å². The van der Waals surface area contributed by atoms with Crippen molar-refractivity contribution in [1.29, 1.82) is 0 Å². The molecule has 0 spiro atoms. The van der Waals surface area contributed by atoms with E-state index in [1.807, 2.05) is 13.8 Å². The summed E-state index contributed by atoms with van der Waals surface area (Å²) in [5.41, 5.74) is 1.97. The number of hydrogen-bond acceptors (Lipinski definition) is 2. The average molecular weight is 213 g/mol. The van der Waals surface area contributed by atoms with Gasteiger partial charge in [0, 0.05) is 17.2 Å². The topological polar surface area (TPSA) is 25.8 Å². The summed E-state index contributed by atoms with van der Waals surface area (Å²) in [6.07, 6.45) is 2.26. The molecule has 0 aliphatic rings. The van der Waals surface area contributed by atoms with Gasteiger partial charge in [0.05, 0.1) is 0 Å². The number of halogens is 1. The lowest BCUT2D eigenvalue weighted by atomic mass is 10.1. The lowest BCUT2D eigenvalue weighted by Crippen LogP contribution is -2.04. The Labute approximate surface area is 90.7 Å². The van der Waals surface area contributed by atoms with Crippen molar-refractivity contribution >= 4 is 11.6 Å². The van der Waals surface area contributed by atoms with Gasteiger partial charge in [-0.05, 0) is 20.3 Å². The van der Waals surface area contributed by atoms with Gasteiger partial charge in [-0.15, -0.1) is 0 Å². The second kappa shape index (κ2) is 4.74. The van der Waals surface area contributed by atoms with Crippen molar-refractivity contribution in [3.8, 4) is 0 Å². The summed E-state index contributed by atoms with van der Waals surface area (Å²) in [7, 11) is 0. The van der Waals surface area contributed by atoms with E-state index < -0.39 is 0 Å². The predicted molar refractivity (Wildman–Crippen MR) is 59.8 cm³/mol. The quantitative estimate of drug-likeness (QED) is 0.715. The van der Waals surface area contributed by atoms with Crippen molar-refractivity contribution in [2.45, 2.75) is 46.5 Å². The van der Waals surface area contributed by atoms with E-state index in [0.29, 0.717) is 11.1 Å². The number of aryl methyl sites for hydroxylation is 1. The molecule has 78 valence electrons. The van der Waals surface area contributed by atoms with Gasteiger partial charge in [0.15, 0.2) is 0 Å². The van der Waals surface area contributed by atoms with E-state index >= 15 is 0 Å². The molecular weight excluding hydrogens is 196 g/mol. The summed E-state index contributed by atoms with van der Waals surface area (Å²) >= 11 is 6.01. The highest BCUT2D eigenvalue weighted by Crippen LogP contribution is 2.21. The van der Waals surface area contributed by atoms with E-state index in [1.54, 1.807) is 0 Å². The molecule has 0 aromatic carbocycles. The van der Waals surface area contributed by atoms with Crippen LogP contribution in [0.2, 0.25) is 5.15 Å². The molecule has 1 aromatic rings. The van der Waals surface area contributed by atoms with Crippen molar-refractivity contribution in [2.24, 2.45) is 0 Å². The zero-order valence-electron chi connectivity index (χ0n) is 9.26.